The Morgan fingerprint density at radius 2 is 1.62 bits per heavy atom. The summed E-state index contributed by atoms with van der Waals surface area (Å²) in [5.74, 6) is 0. The number of unbranched alkanes of at least 4 members (excludes halogenated alkanes) is 1. The Morgan fingerprint density at radius 1 is 0.938 bits per heavy atom. The van der Waals surface area contributed by atoms with Gasteiger partial charge in [0.2, 0.25) is 0 Å². The maximum atomic E-state index is 4.02. The fourth-order valence-electron chi connectivity index (χ4n) is 1.69. The van der Waals surface area contributed by atoms with E-state index in [0.717, 1.165) is 5.56 Å². The minimum atomic E-state index is 1.07. The van der Waals surface area contributed by atoms with E-state index in [1.54, 1.807) is 6.33 Å². The van der Waals surface area contributed by atoms with Crippen molar-refractivity contribution in [3.63, 3.8) is 0 Å². The Kier molecular flexibility index (Phi) is 3.65. The molecule has 1 aromatic carbocycles. The van der Waals surface area contributed by atoms with Crippen molar-refractivity contribution >= 4 is 0 Å². The van der Waals surface area contributed by atoms with Crippen LogP contribution in [0.1, 0.15) is 25.3 Å². The van der Waals surface area contributed by atoms with Crippen LogP contribution in [0.4, 0.5) is 0 Å². The van der Waals surface area contributed by atoms with E-state index in [2.05, 4.69) is 41.2 Å². The van der Waals surface area contributed by atoms with Crippen LogP contribution >= 0.6 is 0 Å². The van der Waals surface area contributed by atoms with Gasteiger partial charge in [-0.25, -0.2) is 9.97 Å². The molecule has 2 rings (SSSR count). The molecule has 0 amide bonds. The Bertz CT molecular complexity index is 420. The van der Waals surface area contributed by atoms with Gasteiger partial charge in [-0.3, -0.25) is 0 Å². The summed E-state index contributed by atoms with van der Waals surface area (Å²) < 4.78 is 0. The van der Waals surface area contributed by atoms with Crippen molar-refractivity contribution in [1.82, 2.24) is 9.97 Å². The Hall–Kier alpha value is -1.70. The second-order valence-corrected chi connectivity index (χ2v) is 3.93. The first-order chi connectivity index (χ1) is 7.90. The number of nitrogens with zero attached hydrogens (tertiary/aromatic N) is 2. The zero-order valence-electron chi connectivity index (χ0n) is 9.56. The maximum absolute atomic E-state index is 4.02. The number of aromatic nitrogens is 2. The molecule has 16 heavy (non-hydrogen) atoms. The number of hydrogen-bond donors (Lipinski definition) is 0. The highest BCUT2D eigenvalue weighted by atomic mass is 14.8. The monoisotopic (exact) mass is 212 g/mol. The molecule has 0 spiro atoms. The summed E-state index contributed by atoms with van der Waals surface area (Å²) >= 11 is 0. The molecule has 0 atom stereocenters. The van der Waals surface area contributed by atoms with Crippen molar-refractivity contribution in [2.45, 2.75) is 26.2 Å². The molecule has 0 radical (unpaired) electrons. The Morgan fingerprint density at radius 3 is 2.25 bits per heavy atom. The van der Waals surface area contributed by atoms with Gasteiger partial charge < -0.3 is 0 Å². The van der Waals surface area contributed by atoms with E-state index < -0.39 is 0 Å². The highest BCUT2D eigenvalue weighted by Gasteiger charge is 1.98. The molecule has 0 bridgehead atoms. The lowest BCUT2D eigenvalue weighted by molar-refractivity contribution is 0.795. The van der Waals surface area contributed by atoms with Gasteiger partial charge in [-0.1, -0.05) is 37.6 Å². The van der Waals surface area contributed by atoms with Crippen LogP contribution in [0.3, 0.4) is 0 Å². The van der Waals surface area contributed by atoms with E-state index >= 15 is 0 Å². The maximum Gasteiger partial charge on any atom is 0.115 e. The standard InChI is InChI=1S/C14H16N2/c1-2-3-4-12-5-7-13(8-6-12)14-9-15-11-16-10-14/h5-11H,2-4H2,1H3. The first-order valence-electron chi connectivity index (χ1n) is 5.74. The van der Waals surface area contributed by atoms with Crippen LogP contribution in [0.25, 0.3) is 11.1 Å². The smallest absolute Gasteiger partial charge is 0.115 e. The van der Waals surface area contributed by atoms with Gasteiger partial charge in [0.25, 0.3) is 0 Å². The van der Waals surface area contributed by atoms with E-state index in [9.17, 15) is 0 Å². The lowest BCUT2D eigenvalue weighted by Crippen LogP contribution is -1.86. The zero-order valence-corrected chi connectivity index (χ0v) is 9.56. The Balaban J connectivity index is 2.13. The van der Waals surface area contributed by atoms with Gasteiger partial charge in [0, 0.05) is 18.0 Å². The van der Waals surface area contributed by atoms with Crippen LogP contribution in [0.5, 0.6) is 0 Å². The summed E-state index contributed by atoms with van der Waals surface area (Å²) in [4.78, 5) is 8.04. The van der Waals surface area contributed by atoms with Crippen molar-refractivity contribution in [3.05, 3.63) is 48.5 Å². The highest BCUT2D eigenvalue weighted by Crippen LogP contribution is 2.18. The minimum Gasteiger partial charge on any atom is -0.244 e. The third-order valence-corrected chi connectivity index (χ3v) is 2.67. The van der Waals surface area contributed by atoms with Gasteiger partial charge in [0.15, 0.2) is 0 Å². The van der Waals surface area contributed by atoms with Crippen LogP contribution in [-0.2, 0) is 6.42 Å². The van der Waals surface area contributed by atoms with Gasteiger partial charge >= 0.3 is 0 Å². The van der Waals surface area contributed by atoms with Gasteiger partial charge in [-0.15, -0.1) is 0 Å². The summed E-state index contributed by atoms with van der Waals surface area (Å²) in [7, 11) is 0. The molecule has 82 valence electrons. The van der Waals surface area contributed by atoms with Gasteiger partial charge in [-0.05, 0) is 24.0 Å². The Labute approximate surface area is 96.4 Å². The third-order valence-electron chi connectivity index (χ3n) is 2.67. The van der Waals surface area contributed by atoms with E-state index in [4.69, 9.17) is 0 Å². The first kappa shape index (κ1) is 10.8. The zero-order chi connectivity index (χ0) is 11.2. The topological polar surface area (TPSA) is 25.8 Å². The lowest BCUT2D eigenvalue weighted by atomic mass is 10.0. The quantitative estimate of drug-likeness (QED) is 0.775. The predicted octanol–water partition coefficient (Wildman–Crippen LogP) is 3.49. The molecular formula is C14H16N2. The molecule has 1 aromatic heterocycles. The van der Waals surface area contributed by atoms with Crippen molar-refractivity contribution in [2.75, 3.05) is 0 Å². The molecule has 0 aliphatic heterocycles. The summed E-state index contributed by atoms with van der Waals surface area (Å²) in [6.07, 6.45) is 8.91. The third kappa shape index (κ3) is 2.66. The van der Waals surface area contributed by atoms with Crippen LogP contribution in [-0.4, -0.2) is 9.97 Å². The van der Waals surface area contributed by atoms with Crippen molar-refractivity contribution in [3.8, 4) is 11.1 Å². The average Bonchev–Trinajstić information content (AvgIpc) is 2.38. The van der Waals surface area contributed by atoms with Crippen molar-refractivity contribution in [2.24, 2.45) is 0 Å². The van der Waals surface area contributed by atoms with Crippen molar-refractivity contribution < 1.29 is 0 Å². The molecule has 0 saturated carbocycles. The molecule has 1 heterocycles. The summed E-state index contributed by atoms with van der Waals surface area (Å²) in [6.45, 7) is 2.22. The second-order valence-electron chi connectivity index (χ2n) is 3.93. The molecular weight excluding hydrogens is 196 g/mol. The van der Waals surface area contributed by atoms with Crippen LogP contribution in [0, 0.1) is 0 Å². The van der Waals surface area contributed by atoms with Crippen LogP contribution < -0.4 is 0 Å². The summed E-state index contributed by atoms with van der Waals surface area (Å²) in [6, 6.07) is 8.67. The average molecular weight is 212 g/mol. The lowest BCUT2D eigenvalue weighted by Gasteiger charge is -2.03. The van der Waals surface area contributed by atoms with Gasteiger partial charge in [-0.2, -0.15) is 0 Å². The number of rotatable bonds is 4. The molecule has 0 saturated heterocycles. The molecule has 0 aliphatic rings. The molecule has 2 heteroatoms. The first-order valence-corrected chi connectivity index (χ1v) is 5.74. The van der Waals surface area contributed by atoms with Crippen LogP contribution in [0.15, 0.2) is 43.0 Å². The fraction of sp³-hybridized carbons (Fsp3) is 0.286. The van der Waals surface area contributed by atoms with Gasteiger partial charge in [0.1, 0.15) is 6.33 Å². The molecule has 2 aromatic rings. The fourth-order valence-corrected chi connectivity index (χ4v) is 1.69. The molecule has 0 fully saturated rings. The second kappa shape index (κ2) is 5.40. The number of benzene rings is 1. The number of hydrogen-bond acceptors (Lipinski definition) is 2. The highest BCUT2D eigenvalue weighted by molar-refractivity contribution is 5.61. The predicted molar refractivity (Wildman–Crippen MR) is 66.1 cm³/mol. The SMILES string of the molecule is CCCCc1ccc(-c2cncnc2)cc1. The molecule has 0 unspecified atom stereocenters. The molecule has 2 nitrogen and oxygen atoms in total. The number of aryl methyl sites for hydroxylation is 1. The van der Waals surface area contributed by atoms with Gasteiger partial charge in [0.05, 0.1) is 0 Å². The molecule has 0 N–H and O–H groups in total. The summed E-state index contributed by atoms with van der Waals surface area (Å²) in [5.41, 5.74) is 3.66. The largest absolute Gasteiger partial charge is 0.244 e. The normalized spacial score (nSPS) is 10.3. The van der Waals surface area contributed by atoms with E-state index in [1.165, 1.54) is 30.4 Å². The van der Waals surface area contributed by atoms with E-state index in [-0.39, 0.29) is 0 Å². The molecule has 0 aliphatic carbocycles. The van der Waals surface area contributed by atoms with Crippen molar-refractivity contribution in [1.29, 1.82) is 0 Å². The van der Waals surface area contributed by atoms with E-state index in [0.29, 0.717) is 0 Å². The van der Waals surface area contributed by atoms with Crippen LogP contribution in [0.2, 0.25) is 0 Å². The van der Waals surface area contributed by atoms with E-state index in [1.807, 2.05) is 12.4 Å². The minimum absolute atomic E-state index is 1.07. The summed E-state index contributed by atoms with van der Waals surface area (Å²) in [5, 5.41) is 0.